The molecule has 2 rings (SSSR count). The van der Waals surface area contributed by atoms with E-state index in [1.165, 1.54) is 18.2 Å². The highest BCUT2D eigenvalue weighted by atomic mass is 31.1. The summed E-state index contributed by atoms with van der Waals surface area (Å²) in [7, 11) is -1.04. The monoisotopic (exact) mass is 476 g/mol. The summed E-state index contributed by atoms with van der Waals surface area (Å²) in [6, 6.07) is 8.51. The van der Waals surface area contributed by atoms with Crippen LogP contribution in [0.15, 0.2) is 36.4 Å². The first-order valence-corrected chi connectivity index (χ1v) is 10.9. The normalized spacial score (nSPS) is 13.8. The molecule has 0 saturated carbocycles. The van der Waals surface area contributed by atoms with E-state index < -0.39 is 32.6 Å². The van der Waals surface area contributed by atoms with Gasteiger partial charge in [-0.1, -0.05) is 18.2 Å². The predicted octanol–water partition coefficient (Wildman–Crippen LogP) is 4.74. The molecular weight excluding hydrogens is 449 g/mol. The summed E-state index contributed by atoms with van der Waals surface area (Å²) in [6.07, 6.45) is -3.29. The second-order valence-corrected chi connectivity index (χ2v) is 8.21. The van der Waals surface area contributed by atoms with Gasteiger partial charge in [0.2, 0.25) is 0 Å². The Kier molecular flexibility index (Phi) is 9.58. The van der Waals surface area contributed by atoms with E-state index in [-0.39, 0.29) is 37.6 Å². The van der Waals surface area contributed by atoms with E-state index in [4.69, 9.17) is 15.0 Å². The zero-order valence-corrected chi connectivity index (χ0v) is 18.7. The zero-order chi connectivity index (χ0) is 23.8. The number of hydrogen-bond donors (Lipinski definition) is 2. The van der Waals surface area contributed by atoms with Gasteiger partial charge in [0.1, 0.15) is 18.2 Å². The Balaban J connectivity index is 2.01. The Morgan fingerprint density at radius 1 is 1.09 bits per heavy atom. The molecule has 0 fully saturated rings. The largest absolute Gasteiger partial charge is 0.494 e. The van der Waals surface area contributed by atoms with Crippen molar-refractivity contribution in [1.82, 2.24) is 0 Å². The molecule has 0 aliphatic carbocycles. The van der Waals surface area contributed by atoms with Gasteiger partial charge < -0.3 is 15.6 Å². The van der Waals surface area contributed by atoms with Crippen molar-refractivity contribution < 1.29 is 36.5 Å². The van der Waals surface area contributed by atoms with E-state index in [1.54, 1.807) is 19.1 Å². The summed E-state index contributed by atoms with van der Waals surface area (Å²) in [5.74, 6) is -0.572. The van der Waals surface area contributed by atoms with Crippen LogP contribution >= 0.6 is 8.69 Å². The molecular formula is C22H27F4NO4P+. The van der Waals surface area contributed by atoms with E-state index in [0.717, 1.165) is 11.6 Å². The fourth-order valence-corrected chi connectivity index (χ4v) is 3.51. The lowest BCUT2D eigenvalue weighted by atomic mass is 9.93. The zero-order valence-electron chi connectivity index (χ0n) is 17.7. The van der Waals surface area contributed by atoms with E-state index >= 15 is 0 Å². The van der Waals surface area contributed by atoms with Crippen LogP contribution in [0.4, 0.5) is 17.6 Å². The fraction of sp³-hybridized carbons (Fsp3) is 0.455. The molecule has 0 amide bonds. The average Bonchev–Trinajstić information content (AvgIpc) is 2.76. The number of hydrogen-bond acceptors (Lipinski definition) is 5. The molecule has 0 radical (unpaired) electrons. The topological polar surface area (TPSA) is 81.8 Å². The van der Waals surface area contributed by atoms with Crippen LogP contribution in [0.3, 0.4) is 0 Å². The first-order valence-electron chi connectivity index (χ1n) is 10.0. The number of benzene rings is 2. The standard InChI is InChI=1S/C22H27F4NO4P/c1-15-11-16(4-6-19(15)23)3-2-10-30-20-7-5-17(12-18(20)22(24,25)26)8-9-21(27,13-28)14-31-32-29/h4-7,11-12,28,32H,2-3,8-10,13-14,27H2,1H3/q+1. The van der Waals surface area contributed by atoms with Crippen molar-refractivity contribution in [3.63, 3.8) is 0 Å². The molecule has 2 unspecified atom stereocenters. The van der Waals surface area contributed by atoms with E-state index in [1.807, 2.05) is 0 Å². The number of alkyl halides is 3. The molecule has 0 spiro atoms. The molecule has 10 heteroatoms. The molecule has 5 nitrogen and oxygen atoms in total. The third kappa shape index (κ3) is 7.81. The Morgan fingerprint density at radius 3 is 2.41 bits per heavy atom. The maximum atomic E-state index is 13.6. The maximum Gasteiger partial charge on any atom is 0.494 e. The van der Waals surface area contributed by atoms with Gasteiger partial charge in [-0.15, -0.1) is 4.52 Å². The van der Waals surface area contributed by atoms with Gasteiger partial charge in [0.05, 0.1) is 24.3 Å². The van der Waals surface area contributed by atoms with Crippen molar-refractivity contribution in [1.29, 1.82) is 0 Å². The summed E-state index contributed by atoms with van der Waals surface area (Å²) in [5.41, 5.74) is 5.63. The van der Waals surface area contributed by atoms with Crippen LogP contribution in [0.2, 0.25) is 0 Å². The lowest BCUT2D eigenvalue weighted by Crippen LogP contribution is -2.47. The van der Waals surface area contributed by atoms with Crippen molar-refractivity contribution in [2.24, 2.45) is 5.73 Å². The van der Waals surface area contributed by atoms with Gasteiger partial charge in [0.15, 0.2) is 0 Å². The third-order valence-electron chi connectivity index (χ3n) is 5.08. The molecule has 0 aliphatic heterocycles. The van der Waals surface area contributed by atoms with Gasteiger partial charge in [-0.25, -0.2) is 4.39 Å². The van der Waals surface area contributed by atoms with Crippen LogP contribution in [0.25, 0.3) is 0 Å². The van der Waals surface area contributed by atoms with Gasteiger partial charge in [0.25, 0.3) is 0 Å². The molecule has 0 aromatic heterocycles. The summed E-state index contributed by atoms with van der Waals surface area (Å²) < 4.78 is 74.6. The highest BCUT2D eigenvalue weighted by Crippen LogP contribution is 2.37. The van der Waals surface area contributed by atoms with Crippen LogP contribution in [-0.2, 0) is 28.1 Å². The molecule has 0 saturated heterocycles. The molecule has 0 bridgehead atoms. The summed E-state index contributed by atoms with van der Waals surface area (Å²) >= 11 is 0. The molecule has 0 aliphatic rings. The number of rotatable bonds is 12. The van der Waals surface area contributed by atoms with Crippen molar-refractivity contribution in [3.8, 4) is 5.75 Å². The lowest BCUT2D eigenvalue weighted by Gasteiger charge is -2.24. The number of aliphatic hydroxyl groups is 1. The number of nitrogens with two attached hydrogens (primary N) is 1. The number of halogens is 4. The lowest BCUT2D eigenvalue weighted by molar-refractivity contribution is -0.139. The van der Waals surface area contributed by atoms with Crippen molar-refractivity contribution >= 4 is 8.69 Å². The van der Waals surface area contributed by atoms with Crippen LogP contribution in [0.1, 0.15) is 35.1 Å². The first-order chi connectivity index (χ1) is 15.1. The number of ether oxygens (including phenoxy) is 1. The van der Waals surface area contributed by atoms with Gasteiger partial charge in [0, 0.05) is 0 Å². The molecule has 2 aromatic rings. The highest BCUT2D eigenvalue weighted by Gasteiger charge is 2.35. The van der Waals surface area contributed by atoms with E-state index in [9.17, 15) is 27.2 Å². The predicted molar refractivity (Wildman–Crippen MR) is 114 cm³/mol. The van der Waals surface area contributed by atoms with Crippen LogP contribution in [0.5, 0.6) is 5.75 Å². The molecule has 3 N–H and O–H groups in total. The molecule has 0 heterocycles. The minimum Gasteiger partial charge on any atom is -0.493 e. The minimum absolute atomic E-state index is 0.0720. The Labute approximate surface area is 185 Å². The maximum absolute atomic E-state index is 13.6. The Hall–Kier alpha value is -2.06. The van der Waals surface area contributed by atoms with Gasteiger partial charge in [-0.2, -0.15) is 13.2 Å². The Bertz CT molecular complexity index is 910. The second kappa shape index (κ2) is 11.7. The van der Waals surface area contributed by atoms with Crippen LogP contribution < -0.4 is 10.5 Å². The quantitative estimate of drug-likeness (QED) is 0.263. The van der Waals surface area contributed by atoms with Crippen molar-refractivity contribution in [3.05, 3.63) is 64.5 Å². The molecule has 2 aromatic carbocycles. The summed E-state index contributed by atoms with van der Waals surface area (Å²) in [6.45, 7) is 1.09. The van der Waals surface area contributed by atoms with Crippen LogP contribution in [-0.4, -0.2) is 30.5 Å². The number of aliphatic hydroxyl groups excluding tert-OH is 1. The average molecular weight is 476 g/mol. The van der Waals surface area contributed by atoms with Gasteiger partial charge >= 0.3 is 14.9 Å². The summed E-state index contributed by atoms with van der Waals surface area (Å²) in [5, 5.41) is 9.43. The van der Waals surface area contributed by atoms with Crippen molar-refractivity contribution in [2.75, 3.05) is 19.8 Å². The van der Waals surface area contributed by atoms with Crippen LogP contribution in [0, 0.1) is 12.7 Å². The van der Waals surface area contributed by atoms with Crippen molar-refractivity contribution in [2.45, 2.75) is 44.3 Å². The highest BCUT2D eigenvalue weighted by molar-refractivity contribution is 7.17. The molecule has 2 atom stereocenters. The fourth-order valence-electron chi connectivity index (χ4n) is 3.16. The van der Waals surface area contributed by atoms with E-state index in [2.05, 4.69) is 0 Å². The second-order valence-electron chi connectivity index (χ2n) is 7.76. The van der Waals surface area contributed by atoms with E-state index in [0.29, 0.717) is 24.0 Å². The minimum atomic E-state index is -4.61. The first kappa shape index (κ1) is 26.2. The number of aryl methyl sites for hydroxylation is 3. The molecule has 32 heavy (non-hydrogen) atoms. The van der Waals surface area contributed by atoms with Gasteiger partial charge in [-0.3, -0.25) is 0 Å². The SMILES string of the molecule is Cc1cc(CCCOc2ccc(CCC(N)(CO)CO[PH+]=O)cc2C(F)(F)F)ccc1F. The smallest absolute Gasteiger partial charge is 0.493 e. The third-order valence-corrected chi connectivity index (χ3v) is 5.35. The summed E-state index contributed by atoms with van der Waals surface area (Å²) in [4.78, 5) is 0. The van der Waals surface area contributed by atoms with Gasteiger partial charge in [-0.05, 0) is 72.1 Å². The molecule has 176 valence electrons. The Morgan fingerprint density at radius 2 is 1.78 bits per heavy atom.